The molecule has 1 N–H and O–H groups in total. The fourth-order valence-electron chi connectivity index (χ4n) is 5.28. The predicted molar refractivity (Wildman–Crippen MR) is 147 cm³/mol. The third-order valence-corrected chi connectivity index (χ3v) is 7.15. The molecule has 1 heterocycles. The van der Waals surface area contributed by atoms with Crippen LogP contribution in [0.1, 0.15) is 22.3 Å². The van der Waals surface area contributed by atoms with Crippen molar-refractivity contribution in [2.24, 2.45) is 0 Å². The van der Waals surface area contributed by atoms with Gasteiger partial charge in [-0.25, -0.2) is 0 Å². The maximum absolute atomic E-state index is 6.12. The van der Waals surface area contributed by atoms with Crippen molar-refractivity contribution in [2.45, 2.75) is 5.41 Å². The molecule has 0 atom stereocenters. The van der Waals surface area contributed by atoms with E-state index < -0.39 is 5.41 Å². The van der Waals surface area contributed by atoms with Gasteiger partial charge < -0.3 is 4.98 Å². The predicted octanol–water partition coefficient (Wildman–Crippen LogP) is 8.87. The first-order valence-corrected chi connectivity index (χ1v) is 12.2. The molecule has 1 aromatic heterocycles. The van der Waals surface area contributed by atoms with Crippen LogP contribution < -0.4 is 0 Å². The van der Waals surface area contributed by atoms with Crippen LogP contribution in [-0.2, 0) is 5.41 Å². The van der Waals surface area contributed by atoms with Crippen molar-refractivity contribution in [3.8, 4) is 11.1 Å². The minimum Gasteiger partial charge on any atom is -0.361 e. The van der Waals surface area contributed by atoms with E-state index in [0.717, 1.165) is 16.1 Å². The smallest absolute Gasteiger partial charge is 0.0722 e. The number of benzene rings is 5. The van der Waals surface area contributed by atoms with Crippen LogP contribution in [0.4, 0.5) is 0 Å². The Labute approximate surface area is 210 Å². The molecule has 0 saturated heterocycles. The lowest BCUT2D eigenvalue weighted by atomic mass is 9.65. The quantitative estimate of drug-likeness (QED) is 0.242. The summed E-state index contributed by atoms with van der Waals surface area (Å²) < 4.78 is 0. The van der Waals surface area contributed by atoms with E-state index in [-0.39, 0.29) is 0 Å². The molecule has 0 aliphatic heterocycles. The average molecular weight is 470 g/mol. The van der Waals surface area contributed by atoms with Gasteiger partial charge in [0.05, 0.1) is 5.41 Å². The van der Waals surface area contributed by atoms with Gasteiger partial charge >= 0.3 is 0 Å². The Kier molecular flexibility index (Phi) is 5.48. The molecule has 0 fully saturated rings. The van der Waals surface area contributed by atoms with Crippen molar-refractivity contribution in [1.82, 2.24) is 4.98 Å². The molecule has 0 radical (unpaired) electrons. The van der Waals surface area contributed by atoms with Crippen molar-refractivity contribution in [3.63, 3.8) is 0 Å². The molecule has 6 rings (SSSR count). The van der Waals surface area contributed by atoms with Gasteiger partial charge in [0, 0.05) is 22.1 Å². The van der Waals surface area contributed by atoms with Crippen LogP contribution in [0, 0.1) is 0 Å². The average Bonchev–Trinajstić information content (AvgIpc) is 3.36. The third-order valence-electron chi connectivity index (χ3n) is 6.90. The number of para-hydroxylation sites is 1. The third kappa shape index (κ3) is 3.65. The summed E-state index contributed by atoms with van der Waals surface area (Å²) in [4.78, 5) is 3.53. The van der Waals surface area contributed by atoms with Gasteiger partial charge in [0.1, 0.15) is 0 Å². The molecule has 0 bridgehead atoms. The van der Waals surface area contributed by atoms with Crippen molar-refractivity contribution in [2.75, 3.05) is 0 Å². The van der Waals surface area contributed by atoms with Crippen molar-refractivity contribution < 1.29 is 0 Å². The highest BCUT2D eigenvalue weighted by molar-refractivity contribution is 6.30. The SMILES string of the molecule is Clc1ccc(-c2ccc(C(c3ccccc3)(c3ccccc3)c3c[nH]c4ccccc34)cc2)cc1. The van der Waals surface area contributed by atoms with Crippen LogP contribution in [0.15, 0.2) is 140 Å². The zero-order chi connectivity index (χ0) is 23.7. The van der Waals surface area contributed by atoms with Crippen LogP contribution in [0.2, 0.25) is 5.02 Å². The van der Waals surface area contributed by atoms with Crippen LogP contribution >= 0.6 is 11.6 Å². The molecular weight excluding hydrogens is 446 g/mol. The van der Waals surface area contributed by atoms with Gasteiger partial charge in [0.25, 0.3) is 0 Å². The summed E-state index contributed by atoms with van der Waals surface area (Å²) >= 11 is 6.12. The maximum atomic E-state index is 6.12. The molecule has 1 nitrogen and oxygen atoms in total. The summed E-state index contributed by atoms with van der Waals surface area (Å²) in [6.07, 6.45) is 2.18. The minimum absolute atomic E-state index is 0.485. The first kappa shape index (κ1) is 21.5. The number of fused-ring (bicyclic) bond motifs is 1. The number of aromatic nitrogens is 1. The summed E-state index contributed by atoms with van der Waals surface area (Å²) in [7, 11) is 0. The Hall–Kier alpha value is -4.07. The number of hydrogen-bond acceptors (Lipinski definition) is 0. The molecule has 0 aliphatic rings. The number of rotatable bonds is 5. The van der Waals surface area contributed by atoms with Crippen molar-refractivity contribution in [3.05, 3.63) is 167 Å². The van der Waals surface area contributed by atoms with E-state index in [4.69, 9.17) is 11.6 Å². The number of halogens is 1. The van der Waals surface area contributed by atoms with Gasteiger partial charge in [-0.3, -0.25) is 0 Å². The Morgan fingerprint density at radius 1 is 0.486 bits per heavy atom. The Morgan fingerprint density at radius 2 is 0.971 bits per heavy atom. The lowest BCUT2D eigenvalue weighted by Gasteiger charge is -2.36. The van der Waals surface area contributed by atoms with Gasteiger partial charge in [-0.05, 0) is 51.6 Å². The molecule has 5 aromatic carbocycles. The largest absolute Gasteiger partial charge is 0.361 e. The van der Waals surface area contributed by atoms with E-state index in [2.05, 4.69) is 133 Å². The van der Waals surface area contributed by atoms with Gasteiger partial charge in [-0.2, -0.15) is 0 Å². The molecular formula is C33H24ClN. The summed E-state index contributed by atoms with van der Waals surface area (Å²) in [5.74, 6) is 0. The number of hydrogen-bond donors (Lipinski definition) is 1. The van der Waals surface area contributed by atoms with Crippen molar-refractivity contribution >= 4 is 22.5 Å². The molecule has 0 unspecified atom stereocenters. The summed E-state index contributed by atoms with van der Waals surface area (Å²) in [6, 6.07) is 47.2. The van der Waals surface area contributed by atoms with Crippen LogP contribution in [0.25, 0.3) is 22.0 Å². The second-order valence-electron chi connectivity index (χ2n) is 8.81. The molecule has 0 aliphatic carbocycles. The number of aromatic amines is 1. The highest BCUT2D eigenvalue weighted by Crippen LogP contribution is 2.47. The van der Waals surface area contributed by atoms with Gasteiger partial charge in [0.15, 0.2) is 0 Å². The number of nitrogens with one attached hydrogen (secondary N) is 1. The molecule has 6 aromatic rings. The Balaban J connectivity index is 1.65. The van der Waals surface area contributed by atoms with Gasteiger partial charge in [0.2, 0.25) is 0 Å². The highest BCUT2D eigenvalue weighted by Gasteiger charge is 2.40. The molecule has 0 spiro atoms. The van der Waals surface area contributed by atoms with E-state index >= 15 is 0 Å². The monoisotopic (exact) mass is 469 g/mol. The van der Waals surface area contributed by atoms with Gasteiger partial charge in [-0.1, -0.05) is 127 Å². The maximum Gasteiger partial charge on any atom is 0.0722 e. The zero-order valence-corrected chi connectivity index (χ0v) is 19.9. The zero-order valence-electron chi connectivity index (χ0n) is 19.2. The van der Waals surface area contributed by atoms with E-state index in [9.17, 15) is 0 Å². The summed E-state index contributed by atoms with van der Waals surface area (Å²) in [6.45, 7) is 0. The second-order valence-corrected chi connectivity index (χ2v) is 9.25. The minimum atomic E-state index is -0.485. The summed E-state index contributed by atoms with van der Waals surface area (Å²) in [5, 5.41) is 1.97. The lowest BCUT2D eigenvalue weighted by molar-refractivity contribution is 0.752. The highest BCUT2D eigenvalue weighted by atomic mass is 35.5. The fourth-order valence-corrected chi connectivity index (χ4v) is 5.41. The first-order valence-electron chi connectivity index (χ1n) is 11.8. The first-order chi connectivity index (χ1) is 17.3. The standard InChI is InChI=1S/C33H24ClN/c34-29-21-17-25(18-22-29)24-15-19-28(20-16-24)33(26-9-3-1-4-10-26,27-11-5-2-6-12-27)31-23-35-32-14-8-7-13-30(31)32/h1-23,35H. The second kappa shape index (κ2) is 8.94. The van der Waals surface area contributed by atoms with E-state index in [1.54, 1.807) is 0 Å². The fraction of sp³-hybridized carbons (Fsp3) is 0.0303. The Morgan fingerprint density at radius 3 is 1.57 bits per heavy atom. The lowest BCUT2D eigenvalue weighted by Crippen LogP contribution is -2.30. The Bertz CT molecular complexity index is 1520. The van der Waals surface area contributed by atoms with Crippen LogP contribution in [-0.4, -0.2) is 4.98 Å². The van der Waals surface area contributed by atoms with E-state index in [0.29, 0.717) is 0 Å². The molecule has 0 amide bonds. The van der Waals surface area contributed by atoms with Crippen LogP contribution in [0.5, 0.6) is 0 Å². The molecule has 168 valence electrons. The normalized spacial score (nSPS) is 11.6. The van der Waals surface area contributed by atoms with Crippen molar-refractivity contribution in [1.29, 1.82) is 0 Å². The van der Waals surface area contributed by atoms with Gasteiger partial charge in [-0.15, -0.1) is 0 Å². The molecule has 2 heteroatoms. The molecule has 35 heavy (non-hydrogen) atoms. The number of H-pyrrole nitrogens is 1. The summed E-state index contributed by atoms with van der Waals surface area (Å²) in [5.41, 5.74) is 7.89. The topological polar surface area (TPSA) is 15.8 Å². The van der Waals surface area contributed by atoms with E-state index in [1.807, 2.05) is 12.1 Å². The van der Waals surface area contributed by atoms with E-state index in [1.165, 1.54) is 33.2 Å². The van der Waals surface area contributed by atoms with Crippen LogP contribution in [0.3, 0.4) is 0 Å². The molecule has 0 saturated carbocycles.